The van der Waals surface area contributed by atoms with Crippen LogP contribution < -0.4 is 10.6 Å². The van der Waals surface area contributed by atoms with Crippen molar-refractivity contribution in [1.82, 2.24) is 5.32 Å². The normalized spacial score (nSPS) is 10.1. The van der Waals surface area contributed by atoms with Crippen LogP contribution in [0.3, 0.4) is 0 Å². The molecular weight excluding hydrogens is 262 g/mol. The van der Waals surface area contributed by atoms with Gasteiger partial charge in [-0.15, -0.1) is 0 Å². The minimum Gasteiger partial charge on any atom is -0.385 e. The molecule has 0 saturated heterocycles. The maximum Gasteiger partial charge on any atom is 0.305 e. The third-order valence-corrected chi connectivity index (χ3v) is 2.79. The zero-order valence-corrected chi connectivity index (χ0v) is 11.6. The van der Waals surface area contributed by atoms with Crippen LogP contribution in [0.2, 0.25) is 0 Å². The lowest BCUT2D eigenvalue weighted by Gasteiger charge is -2.08. The zero-order chi connectivity index (χ0) is 15.0. The van der Waals surface area contributed by atoms with Crippen molar-refractivity contribution >= 4 is 17.3 Å². The summed E-state index contributed by atoms with van der Waals surface area (Å²) >= 11 is 0. The van der Waals surface area contributed by atoms with E-state index in [2.05, 4.69) is 10.6 Å². The molecule has 1 aromatic rings. The standard InChI is InChI=1S/C13H19N3O4/c1-14-11-7-5-6-10(12(11)16(18)19)13(17)15-8-3-4-9-20-2/h5-7,14H,3-4,8-9H2,1-2H3,(H,15,17). The van der Waals surface area contributed by atoms with E-state index in [0.29, 0.717) is 18.8 Å². The number of carbonyl (C=O) groups is 1. The number of benzene rings is 1. The molecule has 7 nitrogen and oxygen atoms in total. The first kappa shape index (κ1) is 15.9. The maximum atomic E-state index is 12.0. The predicted octanol–water partition coefficient (Wildman–Crippen LogP) is 1.79. The van der Waals surface area contributed by atoms with Crippen molar-refractivity contribution in [3.63, 3.8) is 0 Å². The molecule has 7 heteroatoms. The SMILES string of the molecule is CNc1cccc(C(=O)NCCCCOC)c1[N+](=O)[O-]. The second kappa shape index (κ2) is 8.11. The number of unbranched alkanes of at least 4 members (excludes halogenated alkanes) is 1. The predicted molar refractivity (Wildman–Crippen MR) is 76.1 cm³/mol. The van der Waals surface area contributed by atoms with Gasteiger partial charge in [0.15, 0.2) is 0 Å². The Morgan fingerprint density at radius 1 is 1.40 bits per heavy atom. The summed E-state index contributed by atoms with van der Waals surface area (Å²) in [7, 11) is 3.19. The lowest BCUT2D eigenvalue weighted by molar-refractivity contribution is -0.384. The van der Waals surface area contributed by atoms with Gasteiger partial charge in [-0.2, -0.15) is 0 Å². The highest BCUT2D eigenvalue weighted by atomic mass is 16.6. The van der Waals surface area contributed by atoms with E-state index >= 15 is 0 Å². The van der Waals surface area contributed by atoms with Crippen molar-refractivity contribution in [2.24, 2.45) is 0 Å². The summed E-state index contributed by atoms with van der Waals surface area (Å²) in [6.45, 7) is 1.09. The summed E-state index contributed by atoms with van der Waals surface area (Å²) < 4.78 is 4.90. The highest BCUT2D eigenvalue weighted by Gasteiger charge is 2.23. The van der Waals surface area contributed by atoms with Crippen LogP contribution in [0.4, 0.5) is 11.4 Å². The fourth-order valence-corrected chi connectivity index (χ4v) is 1.79. The maximum absolute atomic E-state index is 12.0. The molecule has 20 heavy (non-hydrogen) atoms. The van der Waals surface area contributed by atoms with Gasteiger partial charge in [0.25, 0.3) is 5.91 Å². The summed E-state index contributed by atoms with van der Waals surface area (Å²) in [6, 6.07) is 4.62. The van der Waals surface area contributed by atoms with Gasteiger partial charge in [0, 0.05) is 27.3 Å². The molecule has 0 radical (unpaired) electrons. The molecule has 0 fully saturated rings. The highest BCUT2D eigenvalue weighted by molar-refractivity contribution is 6.00. The largest absolute Gasteiger partial charge is 0.385 e. The summed E-state index contributed by atoms with van der Waals surface area (Å²) in [5.74, 6) is -0.439. The van der Waals surface area contributed by atoms with Crippen LogP contribution >= 0.6 is 0 Å². The molecule has 1 rings (SSSR count). The summed E-state index contributed by atoms with van der Waals surface area (Å²) in [4.78, 5) is 22.5. The molecule has 0 spiro atoms. The number of rotatable bonds is 8. The van der Waals surface area contributed by atoms with Gasteiger partial charge >= 0.3 is 5.69 Å². The molecule has 0 aliphatic rings. The van der Waals surface area contributed by atoms with Crippen molar-refractivity contribution in [2.45, 2.75) is 12.8 Å². The Balaban J connectivity index is 2.75. The van der Waals surface area contributed by atoms with E-state index in [4.69, 9.17) is 4.74 Å². The number of nitro groups is 1. The molecule has 110 valence electrons. The second-order valence-corrected chi connectivity index (χ2v) is 4.16. The van der Waals surface area contributed by atoms with Gasteiger partial charge in [-0.3, -0.25) is 14.9 Å². The first-order valence-corrected chi connectivity index (χ1v) is 6.34. The Morgan fingerprint density at radius 2 is 2.15 bits per heavy atom. The van der Waals surface area contributed by atoms with E-state index in [-0.39, 0.29) is 11.3 Å². The number of carbonyl (C=O) groups excluding carboxylic acids is 1. The van der Waals surface area contributed by atoms with E-state index < -0.39 is 10.8 Å². The minimum absolute atomic E-state index is 0.0635. The van der Waals surface area contributed by atoms with Gasteiger partial charge in [0.1, 0.15) is 11.3 Å². The smallest absolute Gasteiger partial charge is 0.305 e. The molecule has 0 saturated carbocycles. The van der Waals surface area contributed by atoms with Gasteiger partial charge < -0.3 is 15.4 Å². The van der Waals surface area contributed by atoms with Crippen LogP contribution in [-0.4, -0.2) is 38.1 Å². The molecule has 0 aliphatic heterocycles. The number of hydrogen-bond acceptors (Lipinski definition) is 5. The van der Waals surface area contributed by atoms with E-state index in [1.165, 1.54) is 6.07 Å². The highest BCUT2D eigenvalue weighted by Crippen LogP contribution is 2.28. The number of amides is 1. The van der Waals surface area contributed by atoms with Crippen LogP contribution in [0.25, 0.3) is 0 Å². The van der Waals surface area contributed by atoms with Crippen molar-refractivity contribution in [3.05, 3.63) is 33.9 Å². The molecule has 0 heterocycles. The molecule has 0 unspecified atom stereocenters. The first-order chi connectivity index (χ1) is 9.61. The van der Waals surface area contributed by atoms with E-state index in [1.54, 1.807) is 26.3 Å². The van der Waals surface area contributed by atoms with Gasteiger partial charge in [-0.25, -0.2) is 0 Å². The van der Waals surface area contributed by atoms with E-state index in [0.717, 1.165) is 12.8 Å². The Bertz CT molecular complexity index is 477. The van der Waals surface area contributed by atoms with Crippen LogP contribution in [0.15, 0.2) is 18.2 Å². The fourth-order valence-electron chi connectivity index (χ4n) is 1.79. The number of anilines is 1. The molecule has 0 atom stereocenters. The van der Waals surface area contributed by atoms with Crippen molar-refractivity contribution in [3.8, 4) is 0 Å². The topological polar surface area (TPSA) is 93.5 Å². The summed E-state index contributed by atoms with van der Waals surface area (Å²) in [5.41, 5.74) is 0.181. The lowest BCUT2D eigenvalue weighted by Crippen LogP contribution is -2.25. The summed E-state index contributed by atoms with van der Waals surface area (Å²) in [6.07, 6.45) is 1.59. The second-order valence-electron chi connectivity index (χ2n) is 4.16. The average molecular weight is 281 g/mol. The Labute approximate surface area is 117 Å². The molecule has 0 bridgehead atoms. The van der Waals surface area contributed by atoms with Crippen molar-refractivity contribution < 1.29 is 14.5 Å². The number of hydrogen-bond donors (Lipinski definition) is 2. The van der Waals surface area contributed by atoms with Crippen LogP contribution in [0.5, 0.6) is 0 Å². The summed E-state index contributed by atoms with van der Waals surface area (Å²) in [5, 5.41) is 16.5. The number of ether oxygens (including phenoxy) is 1. The monoisotopic (exact) mass is 281 g/mol. The third-order valence-electron chi connectivity index (χ3n) is 2.79. The van der Waals surface area contributed by atoms with E-state index in [1.807, 2.05) is 0 Å². The van der Waals surface area contributed by atoms with E-state index in [9.17, 15) is 14.9 Å². The molecule has 0 aliphatic carbocycles. The Hall–Kier alpha value is -2.15. The number of para-hydroxylation sites is 1. The molecule has 0 aromatic heterocycles. The number of methoxy groups -OCH3 is 1. The van der Waals surface area contributed by atoms with Gasteiger partial charge in [-0.1, -0.05) is 6.07 Å². The average Bonchev–Trinajstić information content (AvgIpc) is 2.45. The molecule has 1 aromatic carbocycles. The van der Waals surface area contributed by atoms with Gasteiger partial charge in [0.2, 0.25) is 0 Å². The van der Waals surface area contributed by atoms with Crippen LogP contribution in [0, 0.1) is 10.1 Å². The lowest BCUT2D eigenvalue weighted by atomic mass is 10.1. The molecule has 2 N–H and O–H groups in total. The third kappa shape index (κ3) is 4.20. The number of nitro benzene ring substituents is 1. The first-order valence-electron chi connectivity index (χ1n) is 6.34. The number of nitrogens with one attached hydrogen (secondary N) is 2. The van der Waals surface area contributed by atoms with Crippen molar-refractivity contribution in [1.29, 1.82) is 0 Å². The minimum atomic E-state index is -0.550. The fraction of sp³-hybridized carbons (Fsp3) is 0.462. The van der Waals surface area contributed by atoms with Gasteiger partial charge in [-0.05, 0) is 25.0 Å². The molecular formula is C13H19N3O4. The zero-order valence-electron chi connectivity index (χ0n) is 11.6. The Morgan fingerprint density at radius 3 is 2.75 bits per heavy atom. The quantitative estimate of drug-likeness (QED) is 0.430. The number of nitrogens with zero attached hydrogens (tertiary/aromatic N) is 1. The molecule has 1 amide bonds. The Kier molecular flexibility index (Phi) is 6.45. The van der Waals surface area contributed by atoms with Crippen molar-refractivity contribution in [2.75, 3.05) is 32.6 Å². The van der Waals surface area contributed by atoms with Crippen LogP contribution in [0.1, 0.15) is 23.2 Å². The van der Waals surface area contributed by atoms with Gasteiger partial charge in [0.05, 0.1) is 4.92 Å². The van der Waals surface area contributed by atoms with Crippen LogP contribution in [-0.2, 0) is 4.74 Å².